The lowest BCUT2D eigenvalue weighted by atomic mass is 10.5. The molecular formula is C6H5NO. The van der Waals surface area contributed by atoms with E-state index in [0.717, 1.165) is 0 Å². The number of ether oxygens (including phenoxy) is 1. The van der Waals surface area contributed by atoms with Gasteiger partial charge in [-0.2, -0.15) is 0 Å². The van der Waals surface area contributed by atoms with Crippen molar-refractivity contribution in [2.24, 2.45) is 0 Å². The van der Waals surface area contributed by atoms with Gasteiger partial charge in [0.05, 0.1) is 7.11 Å². The predicted octanol–water partition coefficient (Wildman–Crippen LogP) is 0.691. The summed E-state index contributed by atoms with van der Waals surface area (Å²) in [7, 11) is 1.57. The maximum Gasteiger partial charge on any atom is 0.138 e. The Kier molecular flexibility index (Phi) is 1.47. The normalized spacial score (nSPS) is 8.62. The average molecular weight is 107 g/mol. The summed E-state index contributed by atoms with van der Waals surface area (Å²) in [5, 5.41) is 0. The SMILES string of the molecule is COc1[c]cnc[c]1. The monoisotopic (exact) mass is 107 g/mol. The summed E-state index contributed by atoms with van der Waals surface area (Å²) in [6.45, 7) is 0. The highest BCUT2D eigenvalue weighted by Crippen LogP contribution is 2.01. The van der Waals surface area contributed by atoms with E-state index < -0.39 is 0 Å². The van der Waals surface area contributed by atoms with Crippen molar-refractivity contribution in [3.63, 3.8) is 0 Å². The van der Waals surface area contributed by atoms with E-state index in [2.05, 4.69) is 17.1 Å². The molecule has 1 aromatic heterocycles. The number of aromatic nitrogens is 1. The van der Waals surface area contributed by atoms with E-state index in [1.807, 2.05) is 0 Å². The molecule has 0 saturated carbocycles. The van der Waals surface area contributed by atoms with Crippen molar-refractivity contribution in [2.75, 3.05) is 7.11 Å². The van der Waals surface area contributed by atoms with Gasteiger partial charge in [-0.05, 0) is 0 Å². The quantitative estimate of drug-likeness (QED) is 0.526. The first kappa shape index (κ1) is 5.09. The molecule has 0 aliphatic heterocycles. The minimum absolute atomic E-state index is 0.597. The molecule has 0 atom stereocenters. The first-order valence-corrected chi connectivity index (χ1v) is 2.21. The van der Waals surface area contributed by atoms with Gasteiger partial charge in [0.25, 0.3) is 0 Å². The first-order valence-electron chi connectivity index (χ1n) is 2.21. The van der Waals surface area contributed by atoms with Crippen LogP contribution in [-0.4, -0.2) is 12.1 Å². The molecule has 0 unspecified atom stereocenters. The van der Waals surface area contributed by atoms with Crippen molar-refractivity contribution in [2.45, 2.75) is 0 Å². The van der Waals surface area contributed by atoms with E-state index in [-0.39, 0.29) is 0 Å². The van der Waals surface area contributed by atoms with E-state index in [1.54, 1.807) is 7.11 Å². The number of methoxy groups -OCH3 is 1. The van der Waals surface area contributed by atoms with Gasteiger partial charge in [0, 0.05) is 24.5 Å². The van der Waals surface area contributed by atoms with Gasteiger partial charge in [0.2, 0.25) is 0 Å². The molecule has 0 aromatic carbocycles. The standard InChI is InChI=1S/C6H5NO/c1-8-6-2-4-7-5-3-6/h4-5H,1H3. The van der Waals surface area contributed by atoms with E-state index in [0.29, 0.717) is 5.75 Å². The summed E-state index contributed by atoms with van der Waals surface area (Å²) in [5.74, 6) is 0.597. The van der Waals surface area contributed by atoms with Crippen molar-refractivity contribution >= 4 is 0 Å². The van der Waals surface area contributed by atoms with Crippen LogP contribution in [-0.2, 0) is 0 Å². The van der Waals surface area contributed by atoms with Gasteiger partial charge < -0.3 is 4.74 Å². The molecule has 0 saturated heterocycles. The Morgan fingerprint density at radius 1 is 1.50 bits per heavy atom. The fraction of sp³-hybridized carbons (Fsp3) is 0.167. The summed E-state index contributed by atoms with van der Waals surface area (Å²) in [6, 6.07) is 5.46. The van der Waals surface area contributed by atoms with Crippen LogP contribution in [0.2, 0.25) is 0 Å². The van der Waals surface area contributed by atoms with Crippen LogP contribution in [0, 0.1) is 12.1 Å². The molecule has 0 aliphatic rings. The van der Waals surface area contributed by atoms with Crippen LogP contribution in [0.25, 0.3) is 0 Å². The lowest BCUT2D eigenvalue weighted by molar-refractivity contribution is 0.412. The van der Waals surface area contributed by atoms with Gasteiger partial charge in [-0.3, -0.25) is 4.98 Å². The van der Waals surface area contributed by atoms with Gasteiger partial charge in [0.1, 0.15) is 5.75 Å². The molecule has 8 heavy (non-hydrogen) atoms. The number of hydrogen-bond acceptors (Lipinski definition) is 2. The second-order valence-electron chi connectivity index (χ2n) is 1.23. The van der Waals surface area contributed by atoms with Gasteiger partial charge in [-0.15, -0.1) is 0 Å². The highest BCUT2D eigenvalue weighted by Gasteiger charge is 1.83. The molecule has 1 rings (SSSR count). The van der Waals surface area contributed by atoms with Gasteiger partial charge in [-0.1, -0.05) is 0 Å². The van der Waals surface area contributed by atoms with Gasteiger partial charge in [-0.25, -0.2) is 0 Å². The minimum Gasteiger partial charge on any atom is -0.495 e. The predicted molar refractivity (Wildman–Crippen MR) is 28.5 cm³/mol. The largest absolute Gasteiger partial charge is 0.495 e. The van der Waals surface area contributed by atoms with Crippen LogP contribution in [0.3, 0.4) is 0 Å². The van der Waals surface area contributed by atoms with Gasteiger partial charge >= 0.3 is 0 Å². The molecule has 0 N–H and O–H groups in total. The number of pyridine rings is 1. The molecule has 0 bridgehead atoms. The fourth-order valence-electron chi connectivity index (χ4n) is 0.389. The molecule has 0 aliphatic carbocycles. The number of hydrogen-bond donors (Lipinski definition) is 0. The molecule has 1 heterocycles. The Hall–Kier alpha value is -1.05. The summed E-state index contributed by atoms with van der Waals surface area (Å²) < 4.78 is 4.76. The van der Waals surface area contributed by atoms with E-state index in [1.165, 1.54) is 12.4 Å². The second-order valence-corrected chi connectivity index (χ2v) is 1.23. The fourth-order valence-corrected chi connectivity index (χ4v) is 0.389. The molecule has 2 nitrogen and oxygen atoms in total. The summed E-state index contributed by atoms with van der Waals surface area (Å²) >= 11 is 0. The van der Waals surface area contributed by atoms with Crippen LogP contribution in [0.15, 0.2) is 12.4 Å². The third-order valence-electron chi connectivity index (χ3n) is 0.744. The molecule has 40 valence electrons. The zero-order chi connectivity index (χ0) is 5.82. The van der Waals surface area contributed by atoms with E-state index in [9.17, 15) is 0 Å². The lowest BCUT2D eigenvalue weighted by Crippen LogP contribution is -1.81. The van der Waals surface area contributed by atoms with Crippen molar-refractivity contribution in [3.05, 3.63) is 24.5 Å². The van der Waals surface area contributed by atoms with Crippen LogP contribution in [0.4, 0.5) is 0 Å². The molecule has 0 spiro atoms. The Bertz CT molecular complexity index is 150. The maximum absolute atomic E-state index is 4.76. The Morgan fingerprint density at radius 2 is 2.12 bits per heavy atom. The van der Waals surface area contributed by atoms with Crippen molar-refractivity contribution in [1.82, 2.24) is 4.98 Å². The van der Waals surface area contributed by atoms with Crippen LogP contribution in [0.5, 0.6) is 5.75 Å². The summed E-state index contributed by atoms with van der Waals surface area (Å²) in [6.07, 6.45) is 3.07. The zero-order valence-corrected chi connectivity index (χ0v) is 4.51. The van der Waals surface area contributed by atoms with Crippen LogP contribution >= 0.6 is 0 Å². The summed E-state index contributed by atoms with van der Waals surface area (Å²) in [4.78, 5) is 3.70. The van der Waals surface area contributed by atoms with Crippen molar-refractivity contribution < 1.29 is 4.74 Å². The highest BCUT2D eigenvalue weighted by atomic mass is 16.5. The molecule has 0 amide bonds. The smallest absolute Gasteiger partial charge is 0.138 e. The zero-order valence-electron chi connectivity index (χ0n) is 4.51. The van der Waals surface area contributed by atoms with Crippen LogP contribution < -0.4 is 4.74 Å². The highest BCUT2D eigenvalue weighted by molar-refractivity contribution is 5.12. The molecule has 2 heteroatoms. The summed E-state index contributed by atoms with van der Waals surface area (Å²) in [5.41, 5.74) is 0. The third kappa shape index (κ3) is 0.964. The van der Waals surface area contributed by atoms with Gasteiger partial charge in [0.15, 0.2) is 0 Å². The van der Waals surface area contributed by atoms with Crippen LogP contribution in [0.1, 0.15) is 0 Å². The Labute approximate surface area is 48.1 Å². The molecular weight excluding hydrogens is 102 g/mol. The van der Waals surface area contributed by atoms with E-state index in [4.69, 9.17) is 4.74 Å². The molecule has 0 fully saturated rings. The Morgan fingerprint density at radius 3 is 2.50 bits per heavy atom. The average Bonchev–Trinajstić information content (AvgIpc) is 1.90. The van der Waals surface area contributed by atoms with Crippen molar-refractivity contribution in [3.8, 4) is 5.75 Å². The number of nitrogens with zero attached hydrogens (tertiary/aromatic N) is 1. The lowest BCUT2D eigenvalue weighted by Gasteiger charge is -1.91. The first-order chi connectivity index (χ1) is 3.93. The molecule has 2 radical (unpaired) electrons. The second kappa shape index (κ2) is 2.31. The minimum atomic E-state index is 0.597. The third-order valence-corrected chi connectivity index (χ3v) is 0.744. The van der Waals surface area contributed by atoms with E-state index >= 15 is 0 Å². The molecule has 1 aromatic rings. The maximum atomic E-state index is 4.76. The Balaban J connectivity index is 2.83. The number of rotatable bonds is 1. The van der Waals surface area contributed by atoms with Crippen molar-refractivity contribution in [1.29, 1.82) is 0 Å². The topological polar surface area (TPSA) is 22.1 Å².